The molecular formula is C15H18N2. The molecule has 0 amide bonds. The predicted octanol–water partition coefficient (Wildman–Crippen LogP) is 3.66. The van der Waals surface area contributed by atoms with Gasteiger partial charge in [0, 0.05) is 23.7 Å². The summed E-state index contributed by atoms with van der Waals surface area (Å²) >= 11 is 0. The van der Waals surface area contributed by atoms with Crippen LogP contribution in [0.2, 0.25) is 0 Å². The molecule has 0 atom stereocenters. The third-order valence-electron chi connectivity index (χ3n) is 3.14. The fraction of sp³-hybridized carbons (Fsp3) is 0.333. The number of nitrogens with zero attached hydrogens (tertiary/aromatic N) is 2. The molecule has 0 saturated carbocycles. The second-order valence-electron chi connectivity index (χ2n) is 4.25. The van der Waals surface area contributed by atoms with Crippen molar-refractivity contribution in [3.05, 3.63) is 47.9 Å². The van der Waals surface area contributed by atoms with Gasteiger partial charge >= 0.3 is 0 Å². The molecule has 0 fully saturated rings. The number of pyridine rings is 2. The summed E-state index contributed by atoms with van der Waals surface area (Å²) in [5, 5.41) is 0. The minimum atomic E-state index is 0. The fourth-order valence-corrected chi connectivity index (χ4v) is 2.26. The maximum atomic E-state index is 4.74. The van der Waals surface area contributed by atoms with Crippen molar-refractivity contribution in [1.82, 2.24) is 9.97 Å². The molecule has 1 aliphatic rings. The van der Waals surface area contributed by atoms with Gasteiger partial charge in [0.15, 0.2) is 0 Å². The number of hydrogen-bond acceptors (Lipinski definition) is 2. The van der Waals surface area contributed by atoms with Crippen LogP contribution in [0.1, 0.15) is 31.5 Å². The van der Waals surface area contributed by atoms with Crippen LogP contribution in [0.3, 0.4) is 0 Å². The fourth-order valence-electron chi connectivity index (χ4n) is 2.26. The Hall–Kier alpha value is -1.70. The summed E-state index contributed by atoms with van der Waals surface area (Å²) in [4.78, 5) is 8.88. The van der Waals surface area contributed by atoms with E-state index in [0.717, 1.165) is 17.7 Å². The number of hydrogen-bond donors (Lipinski definition) is 0. The Kier molecular flexibility index (Phi) is 3.52. The van der Waals surface area contributed by atoms with Crippen molar-refractivity contribution in [3.63, 3.8) is 0 Å². The van der Waals surface area contributed by atoms with Gasteiger partial charge in [0.05, 0.1) is 5.69 Å². The zero-order valence-electron chi connectivity index (χ0n) is 9.19. The quantitative estimate of drug-likeness (QED) is 0.741. The highest BCUT2D eigenvalue weighted by molar-refractivity contribution is 5.58. The molecule has 1 aliphatic carbocycles. The Labute approximate surface area is 103 Å². The topological polar surface area (TPSA) is 25.8 Å². The molecule has 0 bridgehead atoms. The largest absolute Gasteiger partial charge is 0.264 e. The SMILES string of the molecule is C.c1cncc(-c2ccc3c(n2)CCCC3)c1. The number of aromatic nitrogens is 2. The molecule has 0 aliphatic heterocycles. The van der Waals surface area contributed by atoms with E-state index >= 15 is 0 Å². The van der Waals surface area contributed by atoms with Gasteiger partial charge in [-0.25, -0.2) is 0 Å². The van der Waals surface area contributed by atoms with Crippen LogP contribution in [0, 0.1) is 0 Å². The molecule has 2 heteroatoms. The van der Waals surface area contributed by atoms with Crippen molar-refractivity contribution in [1.29, 1.82) is 0 Å². The summed E-state index contributed by atoms with van der Waals surface area (Å²) in [7, 11) is 0. The second-order valence-corrected chi connectivity index (χ2v) is 4.25. The van der Waals surface area contributed by atoms with Crippen molar-refractivity contribution < 1.29 is 0 Å². The Bertz CT molecular complexity index is 492. The maximum Gasteiger partial charge on any atom is 0.0720 e. The summed E-state index contributed by atoms with van der Waals surface area (Å²) < 4.78 is 0. The average Bonchev–Trinajstić information content (AvgIpc) is 2.39. The maximum absolute atomic E-state index is 4.74. The molecule has 0 unspecified atom stereocenters. The smallest absolute Gasteiger partial charge is 0.0720 e. The highest BCUT2D eigenvalue weighted by atomic mass is 14.7. The van der Waals surface area contributed by atoms with Gasteiger partial charge in [-0.2, -0.15) is 0 Å². The average molecular weight is 226 g/mol. The zero-order chi connectivity index (χ0) is 10.8. The third-order valence-corrected chi connectivity index (χ3v) is 3.14. The van der Waals surface area contributed by atoms with E-state index in [1.54, 1.807) is 6.20 Å². The van der Waals surface area contributed by atoms with E-state index in [1.807, 2.05) is 12.3 Å². The molecular weight excluding hydrogens is 208 g/mol. The van der Waals surface area contributed by atoms with Crippen molar-refractivity contribution in [3.8, 4) is 11.3 Å². The van der Waals surface area contributed by atoms with E-state index in [9.17, 15) is 0 Å². The second kappa shape index (κ2) is 5.09. The molecule has 0 aromatic carbocycles. The number of fused-ring (bicyclic) bond motifs is 1. The summed E-state index contributed by atoms with van der Waals surface area (Å²) in [5.74, 6) is 0. The minimum absolute atomic E-state index is 0. The first-order valence-corrected chi connectivity index (χ1v) is 5.83. The first-order valence-electron chi connectivity index (χ1n) is 5.83. The standard InChI is InChI=1S/C14H14N2.CH4/c1-2-6-13-11(4-1)7-8-14(16-13)12-5-3-9-15-10-12;/h3,5,7-10H,1-2,4,6H2;1H4. The zero-order valence-corrected chi connectivity index (χ0v) is 9.19. The van der Waals surface area contributed by atoms with Crippen LogP contribution in [0.5, 0.6) is 0 Å². The highest BCUT2D eigenvalue weighted by Crippen LogP contribution is 2.23. The number of aryl methyl sites for hydroxylation is 2. The van der Waals surface area contributed by atoms with Gasteiger partial charge in [-0.3, -0.25) is 9.97 Å². The van der Waals surface area contributed by atoms with Crippen LogP contribution in [-0.4, -0.2) is 9.97 Å². The van der Waals surface area contributed by atoms with Crippen LogP contribution >= 0.6 is 0 Å². The Morgan fingerprint density at radius 2 is 1.88 bits per heavy atom. The van der Waals surface area contributed by atoms with Gasteiger partial charge in [0.25, 0.3) is 0 Å². The van der Waals surface area contributed by atoms with Gasteiger partial charge in [0.2, 0.25) is 0 Å². The predicted molar refractivity (Wildman–Crippen MR) is 70.8 cm³/mol. The molecule has 2 nitrogen and oxygen atoms in total. The van der Waals surface area contributed by atoms with E-state index in [1.165, 1.54) is 30.5 Å². The van der Waals surface area contributed by atoms with E-state index in [0.29, 0.717) is 0 Å². The first-order chi connectivity index (χ1) is 7.93. The number of rotatable bonds is 1. The lowest BCUT2D eigenvalue weighted by atomic mass is 9.95. The molecule has 0 N–H and O–H groups in total. The van der Waals surface area contributed by atoms with Crippen LogP contribution in [0.4, 0.5) is 0 Å². The van der Waals surface area contributed by atoms with E-state index in [4.69, 9.17) is 4.98 Å². The summed E-state index contributed by atoms with van der Waals surface area (Å²) in [6.07, 6.45) is 8.57. The van der Waals surface area contributed by atoms with Gasteiger partial charge in [-0.05, 0) is 49.4 Å². The van der Waals surface area contributed by atoms with Gasteiger partial charge in [0.1, 0.15) is 0 Å². The molecule has 0 spiro atoms. The van der Waals surface area contributed by atoms with E-state index in [2.05, 4.69) is 23.2 Å². The van der Waals surface area contributed by atoms with Crippen molar-refractivity contribution in [2.24, 2.45) is 0 Å². The Morgan fingerprint density at radius 1 is 1.00 bits per heavy atom. The summed E-state index contributed by atoms with van der Waals surface area (Å²) in [5.41, 5.74) is 4.87. The first kappa shape index (κ1) is 11.8. The summed E-state index contributed by atoms with van der Waals surface area (Å²) in [6.45, 7) is 0. The molecule has 0 radical (unpaired) electrons. The Morgan fingerprint density at radius 3 is 2.71 bits per heavy atom. The van der Waals surface area contributed by atoms with E-state index < -0.39 is 0 Å². The normalized spacial score (nSPS) is 13.6. The minimum Gasteiger partial charge on any atom is -0.264 e. The van der Waals surface area contributed by atoms with Crippen LogP contribution in [0.15, 0.2) is 36.7 Å². The monoisotopic (exact) mass is 226 g/mol. The molecule has 88 valence electrons. The molecule has 2 aromatic heterocycles. The van der Waals surface area contributed by atoms with Crippen molar-refractivity contribution in [2.45, 2.75) is 33.1 Å². The lowest BCUT2D eigenvalue weighted by Crippen LogP contribution is -2.05. The Balaban J connectivity index is 0.00000108. The van der Waals surface area contributed by atoms with Gasteiger partial charge in [-0.1, -0.05) is 13.5 Å². The summed E-state index contributed by atoms with van der Waals surface area (Å²) in [6, 6.07) is 8.35. The van der Waals surface area contributed by atoms with Crippen molar-refractivity contribution in [2.75, 3.05) is 0 Å². The molecule has 17 heavy (non-hydrogen) atoms. The molecule has 3 rings (SSSR count). The third kappa shape index (κ3) is 2.36. The van der Waals surface area contributed by atoms with Crippen LogP contribution in [-0.2, 0) is 12.8 Å². The van der Waals surface area contributed by atoms with Crippen molar-refractivity contribution >= 4 is 0 Å². The molecule has 2 aromatic rings. The highest BCUT2D eigenvalue weighted by Gasteiger charge is 2.11. The van der Waals surface area contributed by atoms with Crippen LogP contribution < -0.4 is 0 Å². The van der Waals surface area contributed by atoms with Gasteiger partial charge in [-0.15, -0.1) is 0 Å². The van der Waals surface area contributed by atoms with E-state index in [-0.39, 0.29) is 7.43 Å². The lowest BCUT2D eigenvalue weighted by molar-refractivity contribution is 0.668. The van der Waals surface area contributed by atoms with Gasteiger partial charge < -0.3 is 0 Å². The molecule has 0 saturated heterocycles. The molecule has 2 heterocycles. The lowest BCUT2D eigenvalue weighted by Gasteiger charge is -2.15. The van der Waals surface area contributed by atoms with Crippen LogP contribution in [0.25, 0.3) is 11.3 Å².